The van der Waals surface area contributed by atoms with E-state index < -0.39 is 5.54 Å². The first-order valence-corrected chi connectivity index (χ1v) is 13.4. The van der Waals surface area contributed by atoms with Gasteiger partial charge in [0.25, 0.3) is 11.8 Å². The predicted molar refractivity (Wildman–Crippen MR) is 148 cm³/mol. The van der Waals surface area contributed by atoms with Crippen molar-refractivity contribution in [2.24, 2.45) is 5.92 Å². The summed E-state index contributed by atoms with van der Waals surface area (Å²) in [5.74, 6) is 0.930. The lowest BCUT2D eigenvalue weighted by atomic mass is 9.87. The number of imide groups is 1. The molecule has 1 fully saturated rings. The number of H-pyrrole nitrogens is 1. The average molecular weight is 517 g/mol. The molecule has 8 nitrogen and oxygen atoms in total. The van der Waals surface area contributed by atoms with Crippen molar-refractivity contribution < 1.29 is 19.1 Å². The van der Waals surface area contributed by atoms with E-state index in [0.29, 0.717) is 30.1 Å². The van der Waals surface area contributed by atoms with Gasteiger partial charge in [-0.05, 0) is 80.6 Å². The Bertz CT molecular complexity index is 1390. The zero-order valence-corrected chi connectivity index (χ0v) is 22.8. The van der Waals surface area contributed by atoms with Gasteiger partial charge in [0.05, 0.1) is 18.5 Å². The van der Waals surface area contributed by atoms with Crippen LogP contribution in [0.4, 0.5) is 10.5 Å². The van der Waals surface area contributed by atoms with Crippen molar-refractivity contribution in [3.8, 4) is 5.75 Å². The summed E-state index contributed by atoms with van der Waals surface area (Å²) in [5.41, 5.74) is 2.51. The number of nitrogens with one attached hydrogen (secondary N) is 2. The molecule has 0 bridgehead atoms. The number of benzene rings is 2. The molecular weight excluding hydrogens is 480 g/mol. The topological polar surface area (TPSA) is 94.7 Å². The zero-order valence-electron chi connectivity index (χ0n) is 22.8. The van der Waals surface area contributed by atoms with Gasteiger partial charge in [-0.15, -0.1) is 0 Å². The minimum Gasteiger partial charge on any atom is -0.497 e. The van der Waals surface area contributed by atoms with Crippen LogP contribution in [0.3, 0.4) is 0 Å². The molecule has 3 heterocycles. The molecule has 2 aromatic carbocycles. The Balaban J connectivity index is 1.37. The van der Waals surface area contributed by atoms with Gasteiger partial charge in [0.1, 0.15) is 5.75 Å². The third-order valence-corrected chi connectivity index (χ3v) is 7.95. The fourth-order valence-corrected chi connectivity index (χ4v) is 5.75. The fraction of sp³-hybridized carbons (Fsp3) is 0.433. The fourth-order valence-electron chi connectivity index (χ4n) is 5.75. The van der Waals surface area contributed by atoms with Crippen LogP contribution in [-0.2, 0) is 16.8 Å². The molecule has 2 atom stereocenters. The number of fused-ring (bicyclic) bond motifs is 5. The molecule has 200 valence electrons. The number of carbonyl (C=O) groups is 3. The van der Waals surface area contributed by atoms with Crippen LogP contribution >= 0.6 is 0 Å². The molecule has 0 aliphatic carbocycles. The molecule has 1 saturated heterocycles. The Morgan fingerprint density at radius 3 is 2.53 bits per heavy atom. The van der Waals surface area contributed by atoms with Gasteiger partial charge in [0.2, 0.25) is 0 Å². The van der Waals surface area contributed by atoms with Gasteiger partial charge in [-0.1, -0.05) is 26.7 Å². The molecule has 2 aliphatic rings. The van der Waals surface area contributed by atoms with Gasteiger partial charge in [0.15, 0.2) is 5.54 Å². The molecular formula is C30H36N4O4. The molecule has 0 radical (unpaired) electrons. The normalized spacial score (nSPS) is 19.6. The maximum absolute atomic E-state index is 13.9. The van der Waals surface area contributed by atoms with Crippen LogP contribution in [0.1, 0.15) is 68.6 Å². The molecule has 0 unspecified atom stereocenters. The summed E-state index contributed by atoms with van der Waals surface area (Å²) in [6, 6.07) is 12.2. The summed E-state index contributed by atoms with van der Waals surface area (Å²) >= 11 is 0. The van der Waals surface area contributed by atoms with E-state index in [1.54, 1.807) is 43.2 Å². The second kappa shape index (κ2) is 9.82. The van der Waals surface area contributed by atoms with Crippen LogP contribution in [-0.4, -0.2) is 47.4 Å². The number of aromatic amines is 1. The number of methoxy groups -OCH3 is 1. The number of hydrogen-bond donors (Lipinski definition) is 2. The van der Waals surface area contributed by atoms with E-state index in [1.807, 2.05) is 25.1 Å². The number of nitrogens with zero attached hydrogens (tertiary/aromatic N) is 2. The maximum atomic E-state index is 13.9. The van der Waals surface area contributed by atoms with E-state index in [2.05, 4.69) is 24.1 Å². The van der Waals surface area contributed by atoms with Crippen molar-refractivity contribution in [3.05, 3.63) is 59.3 Å². The Hall–Kier alpha value is -3.81. The van der Waals surface area contributed by atoms with Crippen LogP contribution in [0.25, 0.3) is 10.9 Å². The van der Waals surface area contributed by atoms with Crippen molar-refractivity contribution in [1.82, 2.24) is 15.2 Å². The van der Waals surface area contributed by atoms with Gasteiger partial charge in [-0.3, -0.25) is 9.59 Å². The second-order valence-electron chi connectivity index (χ2n) is 11.0. The van der Waals surface area contributed by atoms with Crippen molar-refractivity contribution in [2.45, 2.75) is 65.0 Å². The van der Waals surface area contributed by atoms with Gasteiger partial charge in [-0.25, -0.2) is 9.69 Å². The minimum atomic E-state index is -1.14. The summed E-state index contributed by atoms with van der Waals surface area (Å²) in [4.78, 5) is 46.4. The van der Waals surface area contributed by atoms with E-state index in [4.69, 9.17) is 4.74 Å². The molecule has 0 spiro atoms. The summed E-state index contributed by atoms with van der Waals surface area (Å²) in [6.45, 7) is 8.65. The Morgan fingerprint density at radius 1 is 1.11 bits per heavy atom. The molecule has 0 saturated carbocycles. The van der Waals surface area contributed by atoms with Crippen molar-refractivity contribution in [1.29, 1.82) is 0 Å². The Labute approximate surface area is 223 Å². The summed E-state index contributed by atoms with van der Waals surface area (Å²) in [7, 11) is 1.63. The van der Waals surface area contributed by atoms with Gasteiger partial charge >= 0.3 is 6.03 Å². The monoisotopic (exact) mass is 516 g/mol. The highest BCUT2D eigenvalue weighted by Crippen LogP contribution is 2.45. The van der Waals surface area contributed by atoms with Crippen molar-refractivity contribution in [3.63, 3.8) is 0 Å². The number of anilines is 1. The highest BCUT2D eigenvalue weighted by atomic mass is 16.5. The Kier molecular flexibility index (Phi) is 6.67. The van der Waals surface area contributed by atoms with E-state index in [0.717, 1.165) is 47.2 Å². The quantitative estimate of drug-likeness (QED) is 0.394. The molecule has 5 rings (SSSR count). The standard InChI is InChI=1S/C30H36N4O4/c1-18(2)7-6-8-19(3)31-27(35)20-9-11-21(12-10-20)34-28(36)30(4)26-23(15-16-33(30)29(34)37)24-17-22(38-5)13-14-25(24)32-26/h9-14,17-19,32H,6-8,15-16H2,1-5H3,(H,31,35)/t19-,30-/m0/s1. The van der Waals surface area contributed by atoms with Gasteiger partial charge in [0, 0.05) is 29.1 Å². The number of carbonyl (C=O) groups excluding carboxylic acids is 3. The highest BCUT2D eigenvalue weighted by Gasteiger charge is 2.59. The molecule has 8 heteroatoms. The number of ether oxygens (including phenoxy) is 1. The number of aromatic nitrogens is 1. The first-order chi connectivity index (χ1) is 18.1. The SMILES string of the molecule is COc1ccc2[nH]c3c(c2c1)CCN1C(=O)N(c2ccc(C(=O)N[C@@H](C)CCCC(C)C)cc2)C(=O)[C@]31C. The smallest absolute Gasteiger partial charge is 0.332 e. The van der Waals surface area contributed by atoms with Gasteiger partial charge < -0.3 is 19.9 Å². The van der Waals surface area contributed by atoms with Gasteiger partial charge in [-0.2, -0.15) is 0 Å². The van der Waals surface area contributed by atoms with Crippen LogP contribution in [0.2, 0.25) is 0 Å². The van der Waals surface area contributed by atoms with Crippen LogP contribution in [0.5, 0.6) is 5.75 Å². The van der Waals surface area contributed by atoms with E-state index >= 15 is 0 Å². The van der Waals surface area contributed by atoms with Crippen LogP contribution in [0.15, 0.2) is 42.5 Å². The first kappa shape index (κ1) is 25.8. The predicted octanol–water partition coefficient (Wildman–Crippen LogP) is 5.36. The van der Waals surface area contributed by atoms with E-state index in [-0.39, 0.29) is 23.9 Å². The van der Waals surface area contributed by atoms with Crippen molar-refractivity contribution >= 4 is 34.4 Å². The number of amides is 4. The lowest BCUT2D eigenvalue weighted by molar-refractivity contribution is -0.125. The molecule has 2 N–H and O–H groups in total. The van der Waals surface area contributed by atoms with E-state index in [1.165, 1.54) is 4.90 Å². The lowest BCUT2D eigenvalue weighted by Crippen LogP contribution is -2.49. The van der Waals surface area contributed by atoms with E-state index in [9.17, 15) is 14.4 Å². The van der Waals surface area contributed by atoms with Crippen LogP contribution in [0, 0.1) is 5.92 Å². The lowest BCUT2D eigenvalue weighted by Gasteiger charge is -2.35. The largest absolute Gasteiger partial charge is 0.497 e. The molecule has 2 aliphatic heterocycles. The first-order valence-electron chi connectivity index (χ1n) is 13.4. The van der Waals surface area contributed by atoms with Crippen LogP contribution < -0.4 is 15.0 Å². The molecule has 3 aromatic rings. The summed E-state index contributed by atoms with van der Waals surface area (Å²) in [6.07, 6.45) is 3.77. The molecule has 1 aromatic heterocycles. The number of rotatable bonds is 8. The Morgan fingerprint density at radius 2 is 1.84 bits per heavy atom. The van der Waals surface area contributed by atoms with Crippen molar-refractivity contribution in [2.75, 3.05) is 18.6 Å². The average Bonchev–Trinajstić information content (AvgIpc) is 3.36. The second-order valence-corrected chi connectivity index (χ2v) is 11.0. The third kappa shape index (κ3) is 4.22. The summed E-state index contributed by atoms with van der Waals surface area (Å²) < 4.78 is 5.40. The zero-order chi connectivity index (χ0) is 27.2. The molecule has 38 heavy (non-hydrogen) atoms. The summed E-state index contributed by atoms with van der Waals surface area (Å²) in [5, 5.41) is 4.05. The maximum Gasteiger partial charge on any atom is 0.332 e. The third-order valence-electron chi connectivity index (χ3n) is 7.95. The number of urea groups is 1. The molecule has 4 amide bonds. The highest BCUT2D eigenvalue weighted by molar-refractivity contribution is 6.23. The minimum absolute atomic E-state index is 0.0732. The number of hydrogen-bond acceptors (Lipinski definition) is 4.